The number of nitrogens with zero attached hydrogens (tertiary/aromatic N) is 1. The van der Waals surface area contributed by atoms with E-state index >= 15 is 0 Å². The minimum absolute atomic E-state index is 0. The molecule has 5 heteroatoms. The highest BCUT2D eigenvalue weighted by Gasteiger charge is 2.21. The first-order valence-electron chi connectivity index (χ1n) is 6.92. The highest BCUT2D eigenvalue weighted by atomic mass is 35.5. The number of halogens is 2. The summed E-state index contributed by atoms with van der Waals surface area (Å²) in [4.78, 5) is 14.0. The summed E-state index contributed by atoms with van der Waals surface area (Å²) in [6.45, 7) is 5.06. The van der Waals surface area contributed by atoms with Crippen LogP contribution < -0.4 is 5.32 Å². The van der Waals surface area contributed by atoms with Gasteiger partial charge in [-0.3, -0.25) is 4.79 Å². The number of hydrogen-bond acceptors (Lipinski definition) is 2. The van der Waals surface area contributed by atoms with Crippen LogP contribution in [0.2, 0.25) is 0 Å². The summed E-state index contributed by atoms with van der Waals surface area (Å²) in [7, 11) is 0. The lowest BCUT2D eigenvalue weighted by Crippen LogP contribution is -2.32. The van der Waals surface area contributed by atoms with Gasteiger partial charge in [-0.2, -0.15) is 0 Å². The Bertz CT molecular complexity index is 436. The van der Waals surface area contributed by atoms with Crippen LogP contribution in [0.1, 0.15) is 25.3 Å². The minimum Gasteiger partial charge on any atom is -0.339 e. The summed E-state index contributed by atoms with van der Waals surface area (Å²) in [5.74, 6) is 0.371. The summed E-state index contributed by atoms with van der Waals surface area (Å²) in [6.07, 6.45) is 1.67. The zero-order chi connectivity index (χ0) is 13.7. The molecular formula is C15H22ClFN2O. The summed E-state index contributed by atoms with van der Waals surface area (Å²) >= 11 is 0. The van der Waals surface area contributed by atoms with Gasteiger partial charge in [0.1, 0.15) is 5.82 Å². The van der Waals surface area contributed by atoms with Crippen LogP contribution in [0.4, 0.5) is 4.39 Å². The molecule has 20 heavy (non-hydrogen) atoms. The van der Waals surface area contributed by atoms with Gasteiger partial charge in [0.15, 0.2) is 0 Å². The molecule has 1 saturated heterocycles. The first-order chi connectivity index (χ1) is 9.19. The smallest absolute Gasteiger partial charge is 0.223 e. The Labute approximate surface area is 125 Å². The Hall–Kier alpha value is -1.13. The van der Waals surface area contributed by atoms with Crippen LogP contribution in [0, 0.1) is 11.7 Å². The van der Waals surface area contributed by atoms with Crippen LogP contribution >= 0.6 is 12.4 Å². The molecule has 1 unspecified atom stereocenters. The van der Waals surface area contributed by atoms with Crippen molar-refractivity contribution in [1.29, 1.82) is 0 Å². The van der Waals surface area contributed by atoms with E-state index in [1.54, 1.807) is 11.0 Å². The van der Waals surface area contributed by atoms with Gasteiger partial charge in [0.05, 0.1) is 0 Å². The maximum Gasteiger partial charge on any atom is 0.223 e. The molecule has 1 aromatic rings. The fourth-order valence-electron chi connectivity index (χ4n) is 2.50. The van der Waals surface area contributed by atoms with Gasteiger partial charge in [-0.05, 0) is 50.0 Å². The van der Waals surface area contributed by atoms with Crippen molar-refractivity contribution < 1.29 is 9.18 Å². The van der Waals surface area contributed by atoms with Crippen LogP contribution in [0.15, 0.2) is 24.3 Å². The highest BCUT2D eigenvalue weighted by molar-refractivity contribution is 5.85. The van der Waals surface area contributed by atoms with Gasteiger partial charge in [0.2, 0.25) is 5.91 Å². The molecule has 112 valence electrons. The zero-order valence-electron chi connectivity index (χ0n) is 11.8. The molecule has 1 fully saturated rings. The van der Waals surface area contributed by atoms with Gasteiger partial charge in [0.25, 0.3) is 0 Å². The first-order valence-corrected chi connectivity index (χ1v) is 6.92. The first kappa shape index (κ1) is 16.9. The second-order valence-electron chi connectivity index (χ2n) is 5.10. The molecule has 0 bridgehead atoms. The minimum atomic E-state index is -0.249. The van der Waals surface area contributed by atoms with Crippen LogP contribution in [0.5, 0.6) is 0 Å². The number of carbonyl (C=O) groups excluding carboxylic acids is 1. The van der Waals surface area contributed by atoms with E-state index in [0.717, 1.165) is 25.1 Å². The van der Waals surface area contributed by atoms with Gasteiger partial charge in [-0.25, -0.2) is 4.39 Å². The lowest BCUT2D eigenvalue weighted by molar-refractivity contribution is -0.132. The number of hydrogen-bond donors (Lipinski definition) is 1. The van der Waals surface area contributed by atoms with E-state index in [0.29, 0.717) is 25.4 Å². The second-order valence-corrected chi connectivity index (χ2v) is 5.10. The third-order valence-corrected chi connectivity index (χ3v) is 3.62. The largest absolute Gasteiger partial charge is 0.339 e. The van der Waals surface area contributed by atoms with E-state index in [1.807, 2.05) is 13.0 Å². The Morgan fingerprint density at radius 2 is 2.30 bits per heavy atom. The molecule has 1 aromatic carbocycles. The number of carbonyl (C=O) groups is 1. The lowest BCUT2D eigenvalue weighted by Gasteiger charge is -2.22. The molecule has 1 N–H and O–H groups in total. The Morgan fingerprint density at radius 3 is 2.90 bits per heavy atom. The molecule has 1 aliphatic rings. The van der Waals surface area contributed by atoms with Gasteiger partial charge < -0.3 is 10.2 Å². The fourth-order valence-corrected chi connectivity index (χ4v) is 2.50. The van der Waals surface area contributed by atoms with Crippen molar-refractivity contribution in [1.82, 2.24) is 10.2 Å². The highest BCUT2D eigenvalue weighted by Crippen LogP contribution is 2.15. The quantitative estimate of drug-likeness (QED) is 0.906. The van der Waals surface area contributed by atoms with E-state index in [-0.39, 0.29) is 24.1 Å². The molecule has 1 heterocycles. The van der Waals surface area contributed by atoms with Crippen molar-refractivity contribution in [3.05, 3.63) is 35.6 Å². The van der Waals surface area contributed by atoms with Crippen molar-refractivity contribution in [3.8, 4) is 0 Å². The Kier molecular flexibility index (Phi) is 6.96. The molecule has 1 atom stereocenters. The summed E-state index contributed by atoms with van der Waals surface area (Å²) in [5.41, 5.74) is 0.847. The molecular weight excluding hydrogens is 279 g/mol. The summed E-state index contributed by atoms with van der Waals surface area (Å²) < 4.78 is 13.1. The third-order valence-electron chi connectivity index (χ3n) is 3.62. The molecule has 3 nitrogen and oxygen atoms in total. The average Bonchev–Trinajstić information content (AvgIpc) is 2.88. The molecule has 0 aromatic heterocycles. The number of amides is 1. The van der Waals surface area contributed by atoms with Gasteiger partial charge in [-0.1, -0.05) is 12.1 Å². The van der Waals surface area contributed by atoms with Gasteiger partial charge in [0, 0.05) is 19.5 Å². The number of nitrogens with one attached hydrogen (secondary N) is 1. The summed E-state index contributed by atoms with van der Waals surface area (Å²) in [6, 6.07) is 6.46. The monoisotopic (exact) mass is 300 g/mol. The van der Waals surface area contributed by atoms with Crippen molar-refractivity contribution in [2.24, 2.45) is 5.92 Å². The predicted molar refractivity (Wildman–Crippen MR) is 80.3 cm³/mol. The van der Waals surface area contributed by atoms with Crippen LogP contribution in [0.25, 0.3) is 0 Å². The number of rotatable bonds is 5. The zero-order valence-corrected chi connectivity index (χ0v) is 12.6. The van der Waals surface area contributed by atoms with Crippen LogP contribution in [-0.4, -0.2) is 30.4 Å². The van der Waals surface area contributed by atoms with Crippen molar-refractivity contribution in [2.45, 2.75) is 26.3 Å². The second kappa shape index (κ2) is 8.22. The van der Waals surface area contributed by atoms with Crippen LogP contribution in [-0.2, 0) is 11.3 Å². The SMILES string of the molecule is CCN(Cc1cccc(F)c1)C(=O)CC1CCNC1.Cl. The molecule has 0 aliphatic carbocycles. The van der Waals surface area contributed by atoms with Gasteiger partial charge in [-0.15, -0.1) is 12.4 Å². The van der Waals surface area contributed by atoms with E-state index in [2.05, 4.69) is 5.32 Å². The van der Waals surface area contributed by atoms with E-state index < -0.39 is 0 Å². The van der Waals surface area contributed by atoms with Gasteiger partial charge >= 0.3 is 0 Å². The summed E-state index contributed by atoms with van der Waals surface area (Å²) in [5, 5.41) is 3.27. The maximum absolute atomic E-state index is 13.1. The molecule has 2 rings (SSSR count). The van der Waals surface area contributed by atoms with Crippen molar-refractivity contribution in [2.75, 3.05) is 19.6 Å². The topological polar surface area (TPSA) is 32.3 Å². The Balaban J connectivity index is 0.00000200. The molecule has 0 radical (unpaired) electrons. The van der Waals surface area contributed by atoms with E-state index in [9.17, 15) is 9.18 Å². The molecule has 0 saturated carbocycles. The maximum atomic E-state index is 13.1. The van der Waals surface area contributed by atoms with Crippen molar-refractivity contribution >= 4 is 18.3 Å². The molecule has 0 spiro atoms. The normalized spacial score (nSPS) is 17.6. The standard InChI is InChI=1S/C15H21FN2O.ClH/c1-2-18(11-13-4-3-5-14(16)8-13)15(19)9-12-6-7-17-10-12;/h3-5,8,12,17H,2,6-7,9-11H2,1H3;1H. The van der Waals surface area contributed by atoms with E-state index in [4.69, 9.17) is 0 Å². The average molecular weight is 301 g/mol. The van der Waals surface area contributed by atoms with Crippen LogP contribution in [0.3, 0.4) is 0 Å². The molecule has 1 amide bonds. The lowest BCUT2D eigenvalue weighted by atomic mass is 10.0. The van der Waals surface area contributed by atoms with Crippen molar-refractivity contribution in [3.63, 3.8) is 0 Å². The van der Waals surface area contributed by atoms with E-state index in [1.165, 1.54) is 12.1 Å². The fraction of sp³-hybridized carbons (Fsp3) is 0.533. The number of benzene rings is 1. The predicted octanol–water partition coefficient (Wildman–Crippen LogP) is 2.60. The molecule has 1 aliphatic heterocycles. The third kappa shape index (κ3) is 4.76. The Morgan fingerprint density at radius 1 is 1.50 bits per heavy atom.